The van der Waals surface area contributed by atoms with Crippen LogP contribution in [-0.2, 0) is 11.2 Å². The second kappa shape index (κ2) is 6.54. The molecule has 2 rings (SSSR count). The summed E-state index contributed by atoms with van der Waals surface area (Å²) in [5.41, 5.74) is 0. The van der Waals surface area contributed by atoms with Crippen molar-refractivity contribution in [3.8, 4) is 0 Å². The molecule has 100 valence electrons. The van der Waals surface area contributed by atoms with Crippen molar-refractivity contribution in [3.05, 3.63) is 18.2 Å². The summed E-state index contributed by atoms with van der Waals surface area (Å²) >= 11 is 0. The van der Waals surface area contributed by atoms with Gasteiger partial charge in [0, 0.05) is 37.3 Å². The number of H-pyrrole nitrogens is 1. The lowest BCUT2D eigenvalue weighted by Crippen LogP contribution is -2.42. The van der Waals surface area contributed by atoms with Crippen molar-refractivity contribution < 1.29 is 4.79 Å². The first-order valence-corrected chi connectivity index (χ1v) is 6.75. The standard InChI is InChI=1S/C13H22N4O/c1-10-9-11(4-6-14-10)13(18)17-5-2-3-12-15-7-8-16-12/h7-8,10-11,14H,2-6,9H2,1H3,(H,15,16)(H,17,18). The van der Waals surface area contributed by atoms with Crippen LogP contribution < -0.4 is 10.6 Å². The van der Waals surface area contributed by atoms with Crippen LogP contribution >= 0.6 is 0 Å². The second-order valence-corrected chi connectivity index (χ2v) is 5.01. The van der Waals surface area contributed by atoms with Gasteiger partial charge in [-0.3, -0.25) is 4.79 Å². The number of aryl methyl sites for hydroxylation is 1. The Bertz CT molecular complexity index is 363. The maximum Gasteiger partial charge on any atom is 0.223 e. The van der Waals surface area contributed by atoms with E-state index in [1.54, 1.807) is 6.20 Å². The number of aromatic nitrogens is 2. The molecule has 0 aliphatic carbocycles. The Morgan fingerprint density at radius 2 is 2.50 bits per heavy atom. The van der Waals surface area contributed by atoms with Crippen molar-refractivity contribution in [1.29, 1.82) is 0 Å². The van der Waals surface area contributed by atoms with Crippen LogP contribution in [0.3, 0.4) is 0 Å². The lowest BCUT2D eigenvalue weighted by molar-refractivity contribution is -0.126. The second-order valence-electron chi connectivity index (χ2n) is 5.01. The van der Waals surface area contributed by atoms with Gasteiger partial charge in [-0.15, -0.1) is 0 Å². The molecule has 1 aliphatic rings. The van der Waals surface area contributed by atoms with Gasteiger partial charge in [0.25, 0.3) is 0 Å². The molecule has 0 radical (unpaired) electrons. The van der Waals surface area contributed by atoms with Gasteiger partial charge in [0.05, 0.1) is 0 Å². The summed E-state index contributed by atoms with van der Waals surface area (Å²) in [6, 6.07) is 0.456. The van der Waals surface area contributed by atoms with E-state index in [0.717, 1.165) is 44.6 Å². The van der Waals surface area contributed by atoms with Gasteiger partial charge in [-0.2, -0.15) is 0 Å². The first-order valence-electron chi connectivity index (χ1n) is 6.75. The van der Waals surface area contributed by atoms with Crippen LogP contribution in [0.25, 0.3) is 0 Å². The van der Waals surface area contributed by atoms with Gasteiger partial charge in [-0.05, 0) is 32.7 Å². The Hall–Kier alpha value is -1.36. The van der Waals surface area contributed by atoms with Gasteiger partial charge >= 0.3 is 0 Å². The van der Waals surface area contributed by atoms with Crippen LogP contribution in [-0.4, -0.2) is 35.0 Å². The number of imidazole rings is 1. The number of amides is 1. The van der Waals surface area contributed by atoms with E-state index < -0.39 is 0 Å². The van der Waals surface area contributed by atoms with Crippen molar-refractivity contribution >= 4 is 5.91 Å². The Morgan fingerprint density at radius 1 is 1.61 bits per heavy atom. The average molecular weight is 250 g/mol. The predicted molar refractivity (Wildman–Crippen MR) is 70.1 cm³/mol. The molecule has 1 aromatic heterocycles. The van der Waals surface area contributed by atoms with Crippen LogP contribution in [0.15, 0.2) is 12.4 Å². The highest BCUT2D eigenvalue weighted by Crippen LogP contribution is 2.15. The monoisotopic (exact) mass is 250 g/mol. The average Bonchev–Trinajstić information content (AvgIpc) is 2.87. The molecule has 2 unspecified atom stereocenters. The smallest absolute Gasteiger partial charge is 0.223 e. The van der Waals surface area contributed by atoms with Crippen LogP contribution in [0.4, 0.5) is 0 Å². The van der Waals surface area contributed by atoms with Gasteiger partial charge < -0.3 is 15.6 Å². The molecule has 0 saturated carbocycles. The summed E-state index contributed by atoms with van der Waals surface area (Å²) in [4.78, 5) is 19.2. The van der Waals surface area contributed by atoms with Gasteiger partial charge in [-0.25, -0.2) is 4.98 Å². The van der Waals surface area contributed by atoms with Crippen molar-refractivity contribution in [1.82, 2.24) is 20.6 Å². The fraction of sp³-hybridized carbons (Fsp3) is 0.692. The molecule has 0 spiro atoms. The Kier molecular flexibility index (Phi) is 4.75. The zero-order chi connectivity index (χ0) is 12.8. The number of aromatic amines is 1. The van der Waals surface area contributed by atoms with E-state index in [0.29, 0.717) is 6.04 Å². The molecule has 1 fully saturated rings. The van der Waals surface area contributed by atoms with Crippen molar-refractivity contribution in [3.63, 3.8) is 0 Å². The lowest BCUT2D eigenvalue weighted by atomic mass is 9.92. The molecule has 1 aromatic rings. The number of rotatable bonds is 5. The number of hydrogen-bond acceptors (Lipinski definition) is 3. The van der Waals surface area contributed by atoms with E-state index in [4.69, 9.17) is 0 Å². The summed E-state index contributed by atoms with van der Waals surface area (Å²) in [7, 11) is 0. The number of piperidine rings is 1. The molecular weight excluding hydrogens is 228 g/mol. The molecule has 1 amide bonds. The number of carbonyl (C=O) groups is 1. The molecule has 1 saturated heterocycles. The number of carbonyl (C=O) groups excluding carboxylic acids is 1. The molecule has 2 heterocycles. The molecule has 5 heteroatoms. The summed E-state index contributed by atoms with van der Waals surface area (Å²) in [6.45, 7) is 3.82. The topological polar surface area (TPSA) is 69.8 Å². The normalized spacial score (nSPS) is 23.8. The molecule has 2 atom stereocenters. The van der Waals surface area contributed by atoms with E-state index in [-0.39, 0.29) is 11.8 Å². The van der Waals surface area contributed by atoms with E-state index in [2.05, 4.69) is 27.5 Å². The van der Waals surface area contributed by atoms with E-state index in [1.165, 1.54) is 0 Å². The minimum atomic E-state index is 0.185. The van der Waals surface area contributed by atoms with Crippen molar-refractivity contribution in [2.24, 2.45) is 5.92 Å². The third kappa shape index (κ3) is 3.84. The highest BCUT2D eigenvalue weighted by molar-refractivity contribution is 5.78. The number of hydrogen-bond donors (Lipinski definition) is 3. The third-order valence-corrected chi connectivity index (χ3v) is 3.44. The maximum atomic E-state index is 11.9. The van der Waals surface area contributed by atoms with E-state index >= 15 is 0 Å². The van der Waals surface area contributed by atoms with E-state index in [1.807, 2.05) is 6.20 Å². The van der Waals surface area contributed by atoms with Crippen LogP contribution in [0.1, 0.15) is 32.0 Å². The first-order chi connectivity index (χ1) is 8.75. The molecule has 3 N–H and O–H groups in total. The fourth-order valence-electron chi connectivity index (χ4n) is 2.42. The summed E-state index contributed by atoms with van der Waals surface area (Å²) < 4.78 is 0. The molecule has 5 nitrogen and oxygen atoms in total. The molecule has 0 aromatic carbocycles. The quantitative estimate of drug-likeness (QED) is 0.678. The first kappa shape index (κ1) is 13.1. The Labute approximate surface area is 108 Å². The van der Waals surface area contributed by atoms with Gasteiger partial charge in [0.1, 0.15) is 5.82 Å². The highest BCUT2D eigenvalue weighted by atomic mass is 16.1. The molecule has 0 bridgehead atoms. The number of nitrogens with one attached hydrogen (secondary N) is 3. The Morgan fingerprint density at radius 3 is 3.22 bits per heavy atom. The summed E-state index contributed by atoms with van der Waals surface area (Å²) in [5, 5.41) is 6.39. The van der Waals surface area contributed by atoms with Crippen LogP contribution in [0.5, 0.6) is 0 Å². The van der Waals surface area contributed by atoms with Gasteiger partial charge in [-0.1, -0.05) is 0 Å². The SMILES string of the molecule is CC1CC(C(=O)NCCCc2ncc[nH]2)CCN1. The third-order valence-electron chi connectivity index (χ3n) is 3.44. The fourth-order valence-corrected chi connectivity index (χ4v) is 2.42. The summed E-state index contributed by atoms with van der Waals surface area (Å²) in [6.07, 6.45) is 7.29. The Balaban J connectivity index is 1.62. The number of nitrogens with zero attached hydrogens (tertiary/aromatic N) is 1. The zero-order valence-electron chi connectivity index (χ0n) is 10.9. The van der Waals surface area contributed by atoms with Gasteiger partial charge in [0.15, 0.2) is 0 Å². The van der Waals surface area contributed by atoms with Crippen molar-refractivity contribution in [2.75, 3.05) is 13.1 Å². The largest absolute Gasteiger partial charge is 0.356 e. The highest BCUT2D eigenvalue weighted by Gasteiger charge is 2.24. The minimum Gasteiger partial charge on any atom is -0.356 e. The minimum absolute atomic E-state index is 0.185. The maximum absolute atomic E-state index is 11.9. The molecule has 18 heavy (non-hydrogen) atoms. The van der Waals surface area contributed by atoms with E-state index in [9.17, 15) is 4.79 Å². The summed E-state index contributed by atoms with van der Waals surface area (Å²) in [5.74, 6) is 1.38. The van der Waals surface area contributed by atoms with Crippen LogP contribution in [0, 0.1) is 5.92 Å². The predicted octanol–water partition coefficient (Wildman–Crippen LogP) is 0.847. The van der Waals surface area contributed by atoms with Crippen molar-refractivity contribution in [2.45, 2.75) is 38.6 Å². The lowest BCUT2D eigenvalue weighted by Gasteiger charge is -2.27. The van der Waals surface area contributed by atoms with Crippen LogP contribution in [0.2, 0.25) is 0 Å². The molecule has 1 aliphatic heterocycles. The zero-order valence-corrected chi connectivity index (χ0v) is 10.9. The van der Waals surface area contributed by atoms with Gasteiger partial charge in [0.2, 0.25) is 5.91 Å². The molecular formula is C13H22N4O.